The van der Waals surface area contributed by atoms with Crippen LogP contribution in [-0.2, 0) is 11.3 Å². The second-order valence-corrected chi connectivity index (χ2v) is 7.86. The molecule has 1 aromatic carbocycles. The number of pyridine rings is 1. The van der Waals surface area contributed by atoms with Crippen molar-refractivity contribution >= 4 is 11.7 Å². The minimum atomic E-state index is -0.478. The molecule has 1 aliphatic heterocycles. The summed E-state index contributed by atoms with van der Waals surface area (Å²) in [5, 5.41) is 23.9. The van der Waals surface area contributed by atoms with E-state index in [1.54, 1.807) is 36.3 Å². The highest BCUT2D eigenvalue weighted by Gasteiger charge is 2.32. The van der Waals surface area contributed by atoms with Gasteiger partial charge in [0.15, 0.2) is 0 Å². The fraction of sp³-hybridized carbons (Fsp3) is 0.391. The van der Waals surface area contributed by atoms with Gasteiger partial charge in [0.05, 0.1) is 37.7 Å². The highest BCUT2D eigenvalue weighted by Crippen LogP contribution is 2.25. The molecule has 3 atom stereocenters. The van der Waals surface area contributed by atoms with Crippen LogP contribution in [0.1, 0.15) is 19.3 Å². The summed E-state index contributed by atoms with van der Waals surface area (Å²) in [5.41, 5.74) is 2.26. The predicted octanol–water partition coefficient (Wildman–Crippen LogP) is 2.47. The lowest BCUT2D eigenvalue weighted by atomic mass is 9.97. The smallest absolute Gasteiger partial charge is 0.319 e. The SMILES string of the molecule is COc1ccccc1NC(=O)N[C@@H]1CC[C@H](CCn2cc(-c3cccnc3)nn2)O[C@H]1CO. The normalized spacial score (nSPS) is 20.2. The van der Waals surface area contributed by atoms with E-state index in [4.69, 9.17) is 9.47 Å². The topological polar surface area (TPSA) is 123 Å². The van der Waals surface area contributed by atoms with Crippen LogP contribution in [0.3, 0.4) is 0 Å². The second kappa shape index (κ2) is 10.9. The molecule has 0 unspecified atom stereocenters. The zero-order valence-electron chi connectivity index (χ0n) is 18.4. The van der Waals surface area contributed by atoms with Crippen LogP contribution in [0.5, 0.6) is 5.75 Å². The first kappa shape index (κ1) is 22.7. The number of urea groups is 1. The maximum absolute atomic E-state index is 12.5. The van der Waals surface area contributed by atoms with E-state index in [-0.39, 0.29) is 24.8 Å². The largest absolute Gasteiger partial charge is 0.495 e. The fourth-order valence-electron chi connectivity index (χ4n) is 3.91. The number of aliphatic hydroxyl groups is 1. The molecule has 3 heterocycles. The Labute approximate surface area is 191 Å². The van der Waals surface area contributed by atoms with Gasteiger partial charge in [-0.25, -0.2) is 4.79 Å². The number of aryl methyl sites for hydroxylation is 1. The van der Waals surface area contributed by atoms with Crippen molar-refractivity contribution in [2.24, 2.45) is 0 Å². The lowest BCUT2D eigenvalue weighted by molar-refractivity contribution is -0.0905. The Kier molecular flexibility index (Phi) is 7.48. The van der Waals surface area contributed by atoms with Gasteiger partial charge in [0.25, 0.3) is 0 Å². The minimum absolute atomic E-state index is 0.0384. The summed E-state index contributed by atoms with van der Waals surface area (Å²) in [7, 11) is 1.55. The van der Waals surface area contributed by atoms with Crippen molar-refractivity contribution in [2.45, 2.75) is 44.1 Å². The summed E-state index contributed by atoms with van der Waals surface area (Å²) in [5.74, 6) is 0.575. The number of carbonyl (C=O) groups excluding carboxylic acids is 1. The Hall–Kier alpha value is -3.50. The van der Waals surface area contributed by atoms with Crippen molar-refractivity contribution < 1.29 is 19.4 Å². The second-order valence-electron chi connectivity index (χ2n) is 7.86. The molecule has 174 valence electrons. The number of amides is 2. The van der Waals surface area contributed by atoms with Crippen molar-refractivity contribution in [3.63, 3.8) is 0 Å². The lowest BCUT2D eigenvalue weighted by Crippen LogP contribution is -2.52. The summed E-state index contributed by atoms with van der Waals surface area (Å²) in [6, 6.07) is 10.3. The van der Waals surface area contributed by atoms with Crippen LogP contribution in [0.15, 0.2) is 55.0 Å². The van der Waals surface area contributed by atoms with Gasteiger partial charge in [-0.05, 0) is 43.5 Å². The van der Waals surface area contributed by atoms with Crippen molar-refractivity contribution in [3.05, 3.63) is 55.0 Å². The number of hydrogen-bond acceptors (Lipinski definition) is 7. The standard InChI is InChI=1S/C23H28N6O4/c1-32-21-7-3-2-6-18(21)25-23(31)26-19-9-8-17(33-22(19)15-30)10-12-29-14-20(27-28-29)16-5-4-11-24-13-16/h2-7,11,13-14,17,19,22,30H,8-10,12,15H2,1H3,(H2,25,26,31)/t17-,19-,22+/m1/s1. The fourth-order valence-corrected chi connectivity index (χ4v) is 3.91. The Morgan fingerprint density at radius 1 is 1.27 bits per heavy atom. The molecule has 2 aromatic heterocycles. The van der Waals surface area contributed by atoms with Crippen LogP contribution in [0.25, 0.3) is 11.3 Å². The number of methoxy groups -OCH3 is 1. The average molecular weight is 453 g/mol. The van der Waals surface area contributed by atoms with E-state index >= 15 is 0 Å². The molecule has 0 spiro atoms. The van der Waals surface area contributed by atoms with Crippen molar-refractivity contribution in [3.8, 4) is 17.0 Å². The Balaban J connectivity index is 1.27. The highest BCUT2D eigenvalue weighted by atomic mass is 16.5. The monoisotopic (exact) mass is 452 g/mol. The van der Waals surface area contributed by atoms with Crippen molar-refractivity contribution in [1.29, 1.82) is 0 Å². The van der Waals surface area contributed by atoms with E-state index in [9.17, 15) is 9.90 Å². The predicted molar refractivity (Wildman–Crippen MR) is 122 cm³/mol. The molecular weight excluding hydrogens is 424 g/mol. The molecule has 0 saturated carbocycles. The summed E-state index contributed by atoms with van der Waals surface area (Å²) in [6.45, 7) is 0.465. The molecule has 2 amide bonds. The van der Waals surface area contributed by atoms with Crippen LogP contribution >= 0.6 is 0 Å². The van der Waals surface area contributed by atoms with Crippen LogP contribution in [-0.4, -0.2) is 63.1 Å². The molecule has 10 nitrogen and oxygen atoms in total. The zero-order chi connectivity index (χ0) is 23.0. The van der Waals surface area contributed by atoms with E-state index in [0.29, 0.717) is 24.4 Å². The van der Waals surface area contributed by atoms with Gasteiger partial charge in [0.1, 0.15) is 17.5 Å². The third kappa shape index (κ3) is 5.85. The van der Waals surface area contributed by atoms with Gasteiger partial charge in [-0.1, -0.05) is 17.3 Å². The molecule has 1 fully saturated rings. The van der Waals surface area contributed by atoms with E-state index in [1.165, 1.54) is 0 Å². The number of aromatic nitrogens is 4. The molecule has 1 saturated heterocycles. The van der Waals surface area contributed by atoms with Crippen LogP contribution in [0.2, 0.25) is 0 Å². The van der Waals surface area contributed by atoms with Crippen LogP contribution in [0, 0.1) is 0 Å². The van der Waals surface area contributed by atoms with E-state index < -0.39 is 6.10 Å². The first-order valence-corrected chi connectivity index (χ1v) is 10.9. The van der Waals surface area contributed by atoms with Crippen LogP contribution < -0.4 is 15.4 Å². The Morgan fingerprint density at radius 3 is 2.94 bits per heavy atom. The molecular formula is C23H28N6O4. The molecule has 0 aliphatic carbocycles. The number of nitrogens with zero attached hydrogens (tertiary/aromatic N) is 4. The Morgan fingerprint density at radius 2 is 2.15 bits per heavy atom. The van der Waals surface area contributed by atoms with Crippen molar-refractivity contribution in [1.82, 2.24) is 25.3 Å². The molecule has 0 radical (unpaired) electrons. The zero-order valence-corrected chi connectivity index (χ0v) is 18.4. The number of anilines is 1. The third-order valence-electron chi connectivity index (χ3n) is 5.64. The summed E-state index contributed by atoms with van der Waals surface area (Å²) in [6.07, 6.45) is 7.03. The average Bonchev–Trinajstić information content (AvgIpc) is 3.33. The van der Waals surface area contributed by atoms with Gasteiger partial charge >= 0.3 is 6.03 Å². The minimum Gasteiger partial charge on any atom is -0.495 e. The summed E-state index contributed by atoms with van der Waals surface area (Å²) < 4.78 is 13.1. The molecule has 0 bridgehead atoms. The first-order valence-electron chi connectivity index (χ1n) is 10.9. The van der Waals surface area contributed by atoms with Gasteiger partial charge in [-0.15, -0.1) is 5.10 Å². The molecule has 10 heteroatoms. The van der Waals surface area contributed by atoms with Crippen molar-refractivity contribution in [2.75, 3.05) is 19.0 Å². The van der Waals surface area contributed by atoms with Crippen LogP contribution in [0.4, 0.5) is 10.5 Å². The van der Waals surface area contributed by atoms with Gasteiger partial charge in [0, 0.05) is 24.5 Å². The first-order chi connectivity index (χ1) is 16.2. The number of carbonyl (C=O) groups is 1. The van der Waals surface area contributed by atoms with E-state index in [1.807, 2.05) is 30.5 Å². The van der Waals surface area contributed by atoms with Gasteiger partial charge in [-0.3, -0.25) is 9.67 Å². The number of nitrogens with one attached hydrogen (secondary N) is 2. The molecule has 3 N–H and O–H groups in total. The van der Waals surface area contributed by atoms with E-state index in [0.717, 1.165) is 24.1 Å². The van der Waals surface area contributed by atoms with Gasteiger partial charge in [-0.2, -0.15) is 0 Å². The molecule has 1 aliphatic rings. The maximum Gasteiger partial charge on any atom is 0.319 e. The highest BCUT2D eigenvalue weighted by molar-refractivity contribution is 5.91. The number of ether oxygens (including phenoxy) is 2. The quantitative estimate of drug-likeness (QED) is 0.480. The number of aliphatic hydroxyl groups excluding tert-OH is 1. The number of benzene rings is 1. The number of rotatable bonds is 8. The number of hydrogen-bond donors (Lipinski definition) is 3. The van der Waals surface area contributed by atoms with Gasteiger partial charge in [0.2, 0.25) is 0 Å². The van der Waals surface area contributed by atoms with E-state index in [2.05, 4.69) is 25.9 Å². The Bertz CT molecular complexity index is 1040. The molecule has 33 heavy (non-hydrogen) atoms. The number of para-hydroxylation sites is 2. The molecule has 3 aromatic rings. The summed E-state index contributed by atoms with van der Waals surface area (Å²) >= 11 is 0. The maximum atomic E-state index is 12.5. The third-order valence-corrected chi connectivity index (χ3v) is 5.64. The lowest BCUT2D eigenvalue weighted by Gasteiger charge is -2.36. The van der Waals surface area contributed by atoms with Gasteiger partial charge < -0.3 is 25.2 Å². The molecule has 4 rings (SSSR count). The summed E-state index contributed by atoms with van der Waals surface area (Å²) in [4.78, 5) is 16.6.